The van der Waals surface area contributed by atoms with Crippen molar-refractivity contribution in [1.29, 1.82) is 0 Å². The van der Waals surface area contributed by atoms with Crippen molar-refractivity contribution in [3.8, 4) is 0 Å². The van der Waals surface area contributed by atoms with E-state index in [9.17, 15) is 28.8 Å². The lowest BCUT2D eigenvalue weighted by Gasteiger charge is -2.21. The summed E-state index contributed by atoms with van der Waals surface area (Å²) in [5.41, 5.74) is 0. The molecule has 0 saturated carbocycles. The molecule has 0 fully saturated rings. The van der Waals surface area contributed by atoms with Crippen LogP contribution in [0, 0.1) is 0 Å². The summed E-state index contributed by atoms with van der Waals surface area (Å²) in [6.07, 6.45) is 1.67. The Kier molecular flexibility index (Phi) is 7.90. The first-order valence-electron chi connectivity index (χ1n) is 5.93. The zero-order chi connectivity index (χ0) is 18.9. The van der Waals surface area contributed by atoms with Gasteiger partial charge in [-0.15, -0.1) is 0 Å². The Morgan fingerprint density at radius 3 is 1.08 bits per heavy atom. The zero-order valence-electron chi connectivity index (χ0n) is 11.7. The first-order valence-corrected chi connectivity index (χ1v) is 5.93. The largest absolute Gasteiger partial charge is 0.480 e. The number of aliphatic carboxylic acids is 4. The molecular weight excluding hydrogens is 332 g/mol. The molecule has 130 valence electrons. The topological polar surface area (TPSA) is 207 Å². The van der Waals surface area contributed by atoms with Gasteiger partial charge < -0.3 is 31.1 Å². The molecule has 0 aromatic heterocycles. The maximum absolute atomic E-state index is 11.4. The van der Waals surface area contributed by atoms with E-state index in [2.05, 4.69) is 0 Å². The fourth-order valence-corrected chi connectivity index (χ4v) is 1.27. The lowest BCUT2D eigenvalue weighted by molar-refractivity contribution is -0.150. The molecule has 0 bridgehead atoms. The average Bonchev–Trinajstić information content (AvgIpc) is 2.45. The van der Waals surface area contributed by atoms with Crippen LogP contribution in [0.25, 0.3) is 0 Å². The Hall–Kier alpha value is -3.70. The zero-order valence-corrected chi connectivity index (χ0v) is 11.7. The third-order valence-corrected chi connectivity index (χ3v) is 2.22. The van der Waals surface area contributed by atoms with E-state index in [1.807, 2.05) is 0 Å². The second-order valence-corrected chi connectivity index (χ2v) is 3.99. The molecule has 2 atom stereocenters. The molecule has 12 nitrogen and oxygen atoms in total. The summed E-state index contributed by atoms with van der Waals surface area (Å²) in [5.74, 6) is -9.13. The minimum atomic E-state index is -2.14. The van der Waals surface area contributed by atoms with E-state index >= 15 is 0 Å². The van der Waals surface area contributed by atoms with Crippen LogP contribution in [0.5, 0.6) is 0 Å². The number of nitrogens with one attached hydrogen (secondary N) is 2. The third-order valence-electron chi connectivity index (χ3n) is 2.22. The van der Waals surface area contributed by atoms with Crippen LogP contribution in [-0.2, 0) is 28.8 Å². The van der Waals surface area contributed by atoms with Gasteiger partial charge in [0.2, 0.25) is 11.8 Å². The molecule has 12 heteroatoms. The van der Waals surface area contributed by atoms with Crippen LogP contribution in [0.3, 0.4) is 0 Å². The summed E-state index contributed by atoms with van der Waals surface area (Å²) in [6, 6.07) is -4.29. The number of carbonyl (C=O) groups is 6. The van der Waals surface area contributed by atoms with E-state index < -0.39 is 47.8 Å². The van der Waals surface area contributed by atoms with Crippen LogP contribution in [0.15, 0.2) is 24.3 Å². The molecule has 0 aromatic rings. The van der Waals surface area contributed by atoms with Crippen molar-refractivity contribution in [2.24, 2.45) is 0 Å². The maximum atomic E-state index is 11.4. The van der Waals surface area contributed by atoms with Gasteiger partial charge in [0.15, 0.2) is 12.1 Å². The Balaban J connectivity index is 5.24. The molecule has 0 saturated heterocycles. The smallest absolute Gasteiger partial charge is 0.329 e. The van der Waals surface area contributed by atoms with Crippen LogP contribution < -0.4 is 10.6 Å². The summed E-state index contributed by atoms with van der Waals surface area (Å²) in [6.45, 7) is 0. The van der Waals surface area contributed by atoms with Crippen molar-refractivity contribution in [2.45, 2.75) is 12.1 Å². The fourth-order valence-electron chi connectivity index (χ4n) is 1.27. The number of rotatable bonds is 9. The monoisotopic (exact) mass is 344 g/mol. The molecule has 6 N–H and O–H groups in total. The van der Waals surface area contributed by atoms with E-state index in [1.165, 1.54) is 0 Å². The van der Waals surface area contributed by atoms with Crippen LogP contribution in [0.4, 0.5) is 0 Å². The molecule has 0 radical (unpaired) electrons. The van der Waals surface area contributed by atoms with Gasteiger partial charge in [-0.1, -0.05) is 0 Å². The number of hydrogen-bond acceptors (Lipinski definition) is 6. The summed E-state index contributed by atoms with van der Waals surface area (Å²) in [5, 5.41) is 38.0. The van der Waals surface area contributed by atoms with E-state index in [0.29, 0.717) is 24.3 Å². The highest BCUT2D eigenvalue weighted by molar-refractivity contribution is 5.99. The molecule has 0 heterocycles. The third kappa shape index (κ3) is 7.92. The van der Waals surface area contributed by atoms with Crippen LogP contribution in [0.2, 0.25) is 0 Å². The van der Waals surface area contributed by atoms with Gasteiger partial charge in [0.05, 0.1) is 0 Å². The number of amides is 2. The summed E-state index contributed by atoms with van der Waals surface area (Å²) in [4.78, 5) is 65.4. The first kappa shape index (κ1) is 20.3. The van der Waals surface area contributed by atoms with Gasteiger partial charge in [-0.3, -0.25) is 9.59 Å². The first-order chi connectivity index (χ1) is 11.0. The minimum Gasteiger partial charge on any atom is -0.480 e. The van der Waals surface area contributed by atoms with E-state index in [1.54, 1.807) is 10.6 Å². The van der Waals surface area contributed by atoms with Gasteiger partial charge in [0, 0.05) is 24.3 Å². The summed E-state index contributed by atoms with van der Waals surface area (Å²) < 4.78 is 0. The predicted octanol–water partition coefficient (Wildman–Crippen LogP) is -2.59. The standard InChI is InChI=1S/C12H12N2O10/c15-5(1-3-7(17)18)13-9(11(21)22)10(12(23)24)14-6(16)2-4-8(19)20/h1-4,9-10H,(H,13,15)(H,14,16)(H,17,18)(H,19,20)(H,21,22)(H,23,24)/b3-1-,4-2-/t9-,10-/m0/s1. The fraction of sp³-hybridized carbons (Fsp3) is 0.167. The van der Waals surface area contributed by atoms with E-state index in [-0.39, 0.29) is 0 Å². The molecule has 2 amide bonds. The highest BCUT2D eigenvalue weighted by atomic mass is 16.4. The van der Waals surface area contributed by atoms with Gasteiger partial charge in [0.1, 0.15) is 0 Å². The molecular formula is C12H12N2O10. The van der Waals surface area contributed by atoms with E-state index in [4.69, 9.17) is 20.4 Å². The number of hydrogen-bond donors (Lipinski definition) is 6. The molecule has 0 aliphatic heterocycles. The van der Waals surface area contributed by atoms with Crippen molar-refractivity contribution in [3.63, 3.8) is 0 Å². The molecule has 0 aliphatic carbocycles. The van der Waals surface area contributed by atoms with Crippen LogP contribution in [0.1, 0.15) is 0 Å². The molecule has 0 rings (SSSR count). The Bertz CT molecular complexity index is 567. The number of carboxylic acids is 4. The molecule has 0 aromatic carbocycles. The average molecular weight is 344 g/mol. The normalized spacial score (nSPS) is 13.2. The second-order valence-electron chi connectivity index (χ2n) is 3.99. The second kappa shape index (κ2) is 9.34. The van der Waals surface area contributed by atoms with Crippen molar-refractivity contribution in [2.75, 3.05) is 0 Å². The van der Waals surface area contributed by atoms with Gasteiger partial charge in [0.25, 0.3) is 0 Å². The van der Waals surface area contributed by atoms with Gasteiger partial charge >= 0.3 is 23.9 Å². The molecule has 0 unspecified atom stereocenters. The van der Waals surface area contributed by atoms with E-state index in [0.717, 1.165) is 0 Å². The Morgan fingerprint density at radius 1 is 0.583 bits per heavy atom. The van der Waals surface area contributed by atoms with Gasteiger partial charge in [-0.25, -0.2) is 19.2 Å². The lowest BCUT2D eigenvalue weighted by atomic mass is 10.1. The van der Waals surface area contributed by atoms with Crippen molar-refractivity contribution < 1.29 is 49.2 Å². The van der Waals surface area contributed by atoms with Gasteiger partial charge in [-0.2, -0.15) is 0 Å². The highest BCUT2D eigenvalue weighted by Gasteiger charge is 2.35. The quantitative estimate of drug-likeness (QED) is 0.240. The summed E-state index contributed by atoms with van der Waals surface area (Å²) in [7, 11) is 0. The predicted molar refractivity (Wildman–Crippen MR) is 72.7 cm³/mol. The SMILES string of the molecule is O=C(O)/C=C\C(=O)N[C@H](C(=O)O)[C@H](NC(=O)/C=C\C(=O)O)C(=O)O. The van der Waals surface area contributed by atoms with Crippen LogP contribution in [-0.4, -0.2) is 68.2 Å². The minimum absolute atomic E-state index is 0.387. The lowest BCUT2D eigenvalue weighted by Crippen LogP contribution is -2.58. The maximum Gasteiger partial charge on any atom is 0.329 e. The highest BCUT2D eigenvalue weighted by Crippen LogP contribution is 1.97. The molecule has 24 heavy (non-hydrogen) atoms. The van der Waals surface area contributed by atoms with Crippen LogP contribution >= 0.6 is 0 Å². The Labute approximate surface area is 133 Å². The van der Waals surface area contributed by atoms with Crippen molar-refractivity contribution in [3.05, 3.63) is 24.3 Å². The number of carbonyl (C=O) groups excluding carboxylic acids is 2. The number of carboxylic acid groups (broad SMARTS) is 4. The summed E-state index contributed by atoms with van der Waals surface area (Å²) >= 11 is 0. The molecule has 0 spiro atoms. The van der Waals surface area contributed by atoms with Crippen molar-refractivity contribution in [1.82, 2.24) is 10.6 Å². The van der Waals surface area contributed by atoms with Crippen molar-refractivity contribution >= 4 is 35.7 Å². The van der Waals surface area contributed by atoms with Gasteiger partial charge in [-0.05, 0) is 0 Å². The Morgan fingerprint density at radius 2 is 0.875 bits per heavy atom. The molecule has 0 aliphatic rings.